The highest BCUT2D eigenvalue weighted by Gasteiger charge is 2.40. The second kappa shape index (κ2) is 11.3. The van der Waals surface area contributed by atoms with Crippen LogP contribution in [0.2, 0.25) is 0 Å². The summed E-state index contributed by atoms with van der Waals surface area (Å²) in [5.41, 5.74) is 3.84. The van der Waals surface area contributed by atoms with Crippen LogP contribution in [0.1, 0.15) is 39.9 Å². The number of anilines is 1. The molecule has 0 aliphatic carbocycles. The van der Waals surface area contributed by atoms with Crippen LogP contribution in [-0.4, -0.2) is 59.7 Å². The lowest BCUT2D eigenvalue weighted by atomic mass is 10.0. The molecule has 2 saturated heterocycles. The Bertz CT molecular complexity index is 1490. The Labute approximate surface area is 236 Å². The first-order valence-corrected chi connectivity index (χ1v) is 13.8. The van der Waals surface area contributed by atoms with Crippen LogP contribution in [0, 0.1) is 11.6 Å². The lowest BCUT2D eigenvalue weighted by molar-refractivity contribution is -0.136. The van der Waals surface area contributed by atoms with Gasteiger partial charge in [-0.05, 0) is 41.8 Å². The first-order chi connectivity index (χ1) is 19.9. The fourth-order valence-electron chi connectivity index (χ4n) is 5.74. The minimum atomic E-state index is -0.667. The molecular formula is C31H30F2N4O4. The van der Waals surface area contributed by atoms with Gasteiger partial charge in [0.1, 0.15) is 30.0 Å². The van der Waals surface area contributed by atoms with Crippen LogP contribution in [0.3, 0.4) is 0 Å². The molecule has 41 heavy (non-hydrogen) atoms. The number of benzene rings is 3. The molecule has 3 amide bonds. The number of halogens is 2. The zero-order valence-electron chi connectivity index (χ0n) is 22.4. The molecule has 0 radical (unpaired) electrons. The van der Waals surface area contributed by atoms with Crippen LogP contribution < -0.4 is 15.0 Å². The van der Waals surface area contributed by atoms with E-state index in [0.29, 0.717) is 43.1 Å². The molecule has 0 bridgehead atoms. The minimum absolute atomic E-state index is 0.210. The molecule has 1 N–H and O–H groups in total. The average Bonchev–Trinajstić information content (AvgIpc) is 3.30. The van der Waals surface area contributed by atoms with Crippen molar-refractivity contribution in [2.45, 2.75) is 38.6 Å². The predicted molar refractivity (Wildman–Crippen MR) is 147 cm³/mol. The van der Waals surface area contributed by atoms with E-state index in [2.05, 4.69) is 22.3 Å². The number of hydrogen-bond donors (Lipinski definition) is 1. The van der Waals surface area contributed by atoms with Crippen LogP contribution in [0.25, 0.3) is 0 Å². The van der Waals surface area contributed by atoms with Crippen LogP contribution in [-0.2, 0) is 29.3 Å². The second-order valence-corrected chi connectivity index (χ2v) is 10.6. The van der Waals surface area contributed by atoms with Gasteiger partial charge in [-0.1, -0.05) is 30.3 Å². The number of imide groups is 1. The van der Waals surface area contributed by atoms with Crippen molar-refractivity contribution < 1.29 is 27.9 Å². The maximum Gasteiger partial charge on any atom is 0.255 e. The Hall–Kier alpha value is -4.31. The summed E-state index contributed by atoms with van der Waals surface area (Å²) in [5, 5.41) is 2.32. The molecule has 3 heterocycles. The van der Waals surface area contributed by atoms with E-state index in [1.807, 2.05) is 23.1 Å². The molecule has 0 spiro atoms. The molecule has 8 nitrogen and oxygen atoms in total. The number of hydrogen-bond acceptors (Lipinski definition) is 6. The van der Waals surface area contributed by atoms with Crippen molar-refractivity contribution in [3.63, 3.8) is 0 Å². The highest BCUT2D eigenvalue weighted by Crippen LogP contribution is 2.34. The van der Waals surface area contributed by atoms with Gasteiger partial charge in [-0.2, -0.15) is 0 Å². The number of nitrogens with zero attached hydrogens (tertiary/aromatic N) is 3. The van der Waals surface area contributed by atoms with Gasteiger partial charge in [0, 0.05) is 56.3 Å². The third kappa shape index (κ3) is 5.65. The van der Waals surface area contributed by atoms with Crippen LogP contribution in [0.5, 0.6) is 5.75 Å². The lowest BCUT2D eigenvalue weighted by Crippen LogP contribution is -2.52. The predicted octanol–water partition coefficient (Wildman–Crippen LogP) is 3.63. The van der Waals surface area contributed by atoms with Crippen LogP contribution in [0.15, 0.2) is 60.7 Å². The van der Waals surface area contributed by atoms with Crippen molar-refractivity contribution in [3.8, 4) is 5.75 Å². The number of fused-ring (bicyclic) bond motifs is 1. The van der Waals surface area contributed by atoms with Gasteiger partial charge in [0.25, 0.3) is 5.91 Å². The number of carbonyl (C=O) groups is 3. The second-order valence-electron chi connectivity index (χ2n) is 10.6. The van der Waals surface area contributed by atoms with Crippen molar-refractivity contribution in [2.24, 2.45) is 0 Å². The third-order valence-corrected chi connectivity index (χ3v) is 7.99. The van der Waals surface area contributed by atoms with E-state index in [0.717, 1.165) is 42.4 Å². The molecule has 0 saturated carbocycles. The molecule has 0 unspecified atom stereocenters. The summed E-state index contributed by atoms with van der Waals surface area (Å²) in [4.78, 5) is 42.7. The largest absolute Gasteiger partial charge is 0.489 e. The van der Waals surface area contributed by atoms with Crippen molar-refractivity contribution in [2.75, 3.05) is 31.1 Å². The molecule has 0 aromatic heterocycles. The maximum absolute atomic E-state index is 14.1. The summed E-state index contributed by atoms with van der Waals surface area (Å²) >= 11 is 0. The van der Waals surface area contributed by atoms with Gasteiger partial charge in [-0.3, -0.25) is 24.6 Å². The van der Waals surface area contributed by atoms with E-state index >= 15 is 0 Å². The number of nitrogens with one attached hydrogen (secondary N) is 1. The number of amides is 3. The number of carbonyl (C=O) groups excluding carboxylic acids is 3. The van der Waals surface area contributed by atoms with Crippen LogP contribution >= 0.6 is 0 Å². The van der Waals surface area contributed by atoms with E-state index in [9.17, 15) is 23.2 Å². The van der Waals surface area contributed by atoms with Gasteiger partial charge in [-0.15, -0.1) is 0 Å². The number of rotatable bonds is 7. The van der Waals surface area contributed by atoms with Gasteiger partial charge in [-0.25, -0.2) is 8.78 Å². The highest BCUT2D eigenvalue weighted by atomic mass is 19.1. The fraction of sp³-hybridized carbons (Fsp3) is 0.323. The Morgan fingerprint density at radius 3 is 2.39 bits per heavy atom. The molecule has 3 aromatic rings. The highest BCUT2D eigenvalue weighted by molar-refractivity contribution is 6.05. The van der Waals surface area contributed by atoms with Crippen molar-refractivity contribution >= 4 is 23.4 Å². The topological polar surface area (TPSA) is 82.2 Å². The molecule has 3 aliphatic heterocycles. The lowest BCUT2D eigenvalue weighted by Gasteiger charge is -2.36. The molecule has 3 aromatic carbocycles. The third-order valence-electron chi connectivity index (χ3n) is 7.99. The Morgan fingerprint density at radius 2 is 1.66 bits per heavy atom. The quantitative estimate of drug-likeness (QED) is 0.445. The molecule has 2 fully saturated rings. The van der Waals surface area contributed by atoms with E-state index in [-0.39, 0.29) is 24.8 Å². The van der Waals surface area contributed by atoms with Gasteiger partial charge >= 0.3 is 0 Å². The maximum atomic E-state index is 14.1. The summed E-state index contributed by atoms with van der Waals surface area (Å²) in [5.74, 6) is -1.48. The van der Waals surface area contributed by atoms with Gasteiger partial charge in [0.15, 0.2) is 0 Å². The molecule has 212 valence electrons. The van der Waals surface area contributed by atoms with E-state index in [4.69, 9.17) is 4.74 Å². The molecule has 1 atom stereocenters. The van der Waals surface area contributed by atoms with Crippen molar-refractivity contribution in [1.29, 1.82) is 0 Å². The Morgan fingerprint density at radius 1 is 0.902 bits per heavy atom. The molecule has 10 heteroatoms. The molecule has 3 aliphatic rings. The average molecular weight is 561 g/mol. The Balaban J connectivity index is 1.03. The number of piperidine rings is 1. The van der Waals surface area contributed by atoms with Crippen LogP contribution in [0.4, 0.5) is 14.5 Å². The first kappa shape index (κ1) is 26.9. The summed E-state index contributed by atoms with van der Waals surface area (Å²) in [6.07, 6.45) is 0.525. The van der Waals surface area contributed by atoms with E-state index in [1.165, 1.54) is 17.0 Å². The zero-order valence-corrected chi connectivity index (χ0v) is 22.4. The smallest absolute Gasteiger partial charge is 0.255 e. The zero-order chi connectivity index (χ0) is 28.5. The molecular weight excluding hydrogens is 530 g/mol. The monoisotopic (exact) mass is 560 g/mol. The Kier molecular flexibility index (Phi) is 7.40. The summed E-state index contributed by atoms with van der Waals surface area (Å²) in [6.45, 7) is 4.23. The van der Waals surface area contributed by atoms with Gasteiger partial charge < -0.3 is 14.5 Å². The fourth-order valence-corrected chi connectivity index (χ4v) is 5.74. The summed E-state index contributed by atoms with van der Waals surface area (Å²) in [6, 6.07) is 16.5. The molecule has 6 rings (SSSR count). The normalized spacial score (nSPS) is 19.4. The SMILES string of the molecule is O=C1CC[C@H](N2Cc3c(OCc4ccc(CN5CCN(c6ccc(F)cc6F)CC5)cc4)cccc3C2=O)C(=O)N1. The standard InChI is InChI=1S/C31H30F2N4O4/c32-22-8-9-26(25(33)16-22)36-14-12-35(13-15-36)17-20-4-6-21(7-5-20)19-41-28-3-1-2-23-24(28)18-37(31(23)40)27-10-11-29(38)34-30(27)39/h1-9,16,27H,10-15,17-19H2,(H,34,38,39)/t27-/m0/s1. The van der Waals surface area contributed by atoms with E-state index in [1.54, 1.807) is 12.1 Å². The van der Waals surface area contributed by atoms with Gasteiger partial charge in [0.05, 0.1) is 12.2 Å². The number of ether oxygens (including phenoxy) is 1. The van der Waals surface area contributed by atoms with Crippen molar-refractivity contribution in [1.82, 2.24) is 15.1 Å². The van der Waals surface area contributed by atoms with Crippen molar-refractivity contribution in [3.05, 3.63) is 94.6 Å². The minimum Gasteiger partial charge on any atom is -0.489 e. The summed E-state index contributed by atoms with van der Waals surface area (Å²) < 4.78 is 33.5. The van der Waals surface area contributed by atoms with Gasteiger partial charge in [0.2, 0.25) is 11.8 Å². The number of piperazine rings is 1. The summed E-state index contributed by atoms with van der Waals surface area (Å²) in [7, 11) is 0. The van der Waals surface area contributed by atoms with E-state index < -0.39 is 23.6 Å². The first-order valence-electron chi connectivity index (χ1n) is 13.8.